The van der Waals surface area contributed by atoms with Crippen molar-refractivity contribution < 1.29 is 4.74 Å². The molecule has 1 aliphatic rings. The van der Waals surface area contributed by atoms with Crippen LogP contribution in [0.2, 0.25) is 0 Å². The number of rotatable bonds is 7. The van der Waals surface area contributed by atoms with E-state index in [2.05, 4.69) is 46.9 Å². The first-order chi connectivity index (χ1) is 15.3. The Morgan fingerprint density at radius 2 is 1.97 bits per heavy atom. The first kappa shape index (κ1) is 21.1. The molecule has 0 unspecified atom stereocenters. The summed E-state index contributed by atoms with van der Waals surface area (Å²) in [4.78, 5) is 11.6. The van der Waals surface area contributed by atoms with Crippen molar-refractivity contribution >= 4 is 17.7 Å². The van der Waals surface area contributed by atoms with E-state index in [4.69, 9.17) is 14.8 Å². The number of aromatic nitrogens is 3. The quantitative estimate of drug-likeness (QED) is 0.326. The van der Waals surface area contributed by atoms with E-state index in [1.54, 1.807) is 6.21 Å². The van der Waals surface area contributed by atoms with E-state index in [1.165, 1.54) is 12.8 Å². The normalized spacial score (nSPS) is 14.2. The molecule has 0 radical (unpaired) electrons. The highest BCUT2D eigenvalue weighted by atomic mass is 16.5. The maximum Gasteiger partial charge on any atom is 0.158 e. The average Bonchev–Trinajstić information content (AvgIpc) is 3.26. The van der Waals surface area contributed by atoms with Crippen LogP contribution in [0.25, 0.3) is 16.9 Å². The van der Waals surface area contributed by atoms with E-state index in [9.17, 15) is 0 Å². The van der Waals surface area contributed by atoms with Crippen LogP contribution >= 0.6 is 0 Å². The van der Waals surface area contributed by atoms with Crippen LogP contribution in [0.1, 0.15) is 38.3 Å². The third-order valence-electron chi connectivity index (χ3n) is 5.28. The van der Waals surface area contributed by atoms with E-state index in [0.29, 0.717) is 6.54 Å². The molecule has 1 aromatic carbocycles. The number of aliphatic imine (C=N–C) groups is 1. The van der Waals surface area contributed by atoms with Crippen LogP contribution in [-0.4, -0.2) is 47.1 Å². The molecule has 6 heteroatoms. The topological polar surface area (TPSA) is 55.0 Å². The van der Waals surface area contributed by atoms with E-state index >= 15 is 0 Å². The zero-order chi connectivity index (χ0) is 21.3. The van der Waals surface area contributed by atoms with Gasteiger partial charge in [0.2, 0.25) is 0 Å². The Labute approximate surface area is 184 Å². The molecule has 3 heterocycles. The molecule has 0 N–H and O–H groups in total. The lowest BCUT2D eigenvalue weighted by Gasteiger charge is -2.29. The van der Waals surface area contributed by atoms with Crippen molar-refractivity contribution in [2.45, 2.75) is 39.2 Å². The fourth-order valence-corrected chi connectivity index (χ4v) is 3.62. The van der Waals surface area contributed by atoms with Crippen molar-refractivity contribution in [2.24, 2.45) is 4.99 Å². The number of benzene rings is 1. The molecule has 160 valence electrons. The van der Waals surface area contributed by atoms with E-state index < -0.39 is 0 Å². The van der Waals surface area contributed by atoms with Crippen LogP contribution in [0.3, 0.4) is 0 Å². The highest BCUT2D eigenvalue weighted by Crippen LogP contribution is 2.24. The highest BCUT2D eigenvalue weighted by molar-refractivity contribution is 5.78. The summed E-state index contributed by atoms with van der Waals surface area (Å²) in [6, 6.07) is 14.3. The van der Waals surface area contributed by atoms with Gasteiger partial charge in [-0.1, -0.05) is 61.9 Å². The molecule has 3 aromatic rings. The first-order valence-electron chi connectivity index (χ1n) is 11.1. The predicted molar refractivity (Wildman–Crippen MR) is 126 cm³/mol. The van der Waals surface area contributed by atoms with Crippen LogP contribution in [0.4, 0.5) is 5.82 Å². The highest BCUT2D eigenvalue weighted by Gasteiger charge is 2.18. The first-order valence-corrected chi connectivity index (χ1v) is 11.1. The van der Waals surface area contributed by atoms with Crippen LogP contribution < -0.4 is 4.90 Å². The molecule has 31 heavy (non-hydrogen) atoms. The van der Waals surface area contributed by atoms with Gasteiger partial charge in [0.15, 0.2) is 5.65 Å². The lowest BCUT2D eigenvalue weighted by molar-refractivity contribution is 0.122. The molecule has 0 atom stereocenters. The van der Waals surface area contributed by atoms with Crippen molar-refractivity contribution in [3.63, 3.8) is 0 Å². The van der Waals surface area contributed by atoms with Crippen LogP contribution in [0.15, 0.2) is 47.5 Å². The molecule has 0 saturated carbocycles. The van der Waals surface area contributed by atoms with E-state index in [0.717, 1.165) is 67.6 Å². The van der Waals surface area contributed by atoms with Crippen LogP contribution in [-0.2, 0) is 11.3 Å². The Bertz CT molecular complexity index is 1070. The summed E-state index contributed by atoms with van der Waals surface area (Å²) in [6.07, 6.45) is 6.25. The SMILES string of the molecule is CCCCCC#CC=NCc1cc(N2CCOCC2)n2nc(-c3ccccc3)cc2n1. The molecule has 0 amide bonds. The minimum atomic E-state index is 0.503. The lowest BCUT2D eigenvalue weighted by Crippen LogP contribution is -2.37. The zero-order valence-corrected chi connectivity index (χ0v) is 18.1. The van der Waals surface area contributed by atoms with Gasteiger partial charge in [0.05, 0.1) is 37.4 Å². The second-order valence-electron chi connectivity index (χ2n) is 7.62. The molecule has 1 aliphatic heterocycles. The minimum Gasteiger partial charge on any atom is -0.378 e. The van der Waals surface area contributed by atoms with Gasteiger partial charge in [-0.2, -0.15) is 9.61 Å². The molecule has 4 rings (SSSR count). The van der Waals surface area contributed by atoms with Gasteiger partial charge in [-0.05, 0) is 6.42 Å². The summed E-state index contributed by atoms with van der Waals surface area (Å²) in [6.45, 7) is 5.82. The second-order valence-corrected chi connectivity index (χ2v) is 7.62. The fourth-order valence-electron chi connectivity index (χ4n) is 3.62. The summed E-state index contributed by atoms with van der Waals surface area (Å²) in [5, 5.41) is 4.86. The van der Waals surface area contributed by atoms with Crippen molar-refractivity contribution in [3.8, 4) is 23.1 Å². The number of ether oxygens (including phenoxy) is 1. The summed E-state index contributed by atoms with van der Waals surface area (Å²) in [7, 11) is 0. The van der Waals surface area contributed by atoms with Crippen molar-refractivity contribution in [2.75, 3.05) is 31.2 Å². The summed E-state index contributed by atoms with van der Waals surface area (Å²) < 4.78 is 7.48. The number of nitrogens with zero attached hydrogens (tertiary/aromatic N) is 5. The summed E-state index contributed by atoms with van der Waals surface area (Å²) in [5.74, 6) is 7.24. The van der Waals surface area contributed by atoms with Crippen LogP contribution in [0.5, 0.6) is 0 Å². The van der Waals surface area contributed by atoms with Gasteiger partial charge in [-0.3, -0.25) is 4.99 Å². The molecule has 2 aromatic heterocycles. The zero-order valence-electron chi connectivity index (χ0n) is 18.1. The molecule has 1 fully saturated rings. The Morgan fingerprint density at radius 3 is 2.77 bits per heavy atom. The van der Waals surface area contributed by atoms with E-state index in [-0.39, 0.29) is 0 Å². The van der Waals surface area contributed by atoms with Gasteiger partial charge >= 0.3 is 0 Å². The molecule has 0 aliphatic carbocycles. The van der Waals surface area contributed by atoms with Gasteiger partial charge in [0.25, 0.3) is 0 Å². The summed E-state index contributed by atoms with van der Waals surface area (Å²) >= 11 is 0. The third-order valence-corrected chi connectivity index (χ3v) is 5.28. The van der Waals surface area contributed by atoms with Crippen LogP contribution in [0, 0.1) is 11.8 Å². The molecular formula is C25H29N5O. The lowest BCUT2D eigenvalue weighted by atomic mass is 10.2. The van der Waals surface area contributed by atoms with Gasteiger partial charge < -0.3 is 9.64 Å². The molecule has 6 nitrogen and oxygen atoms in total. The monoisotopic (exact) mass is 415 g/mol. The molecule has 0 spiro atoms. The molecular weight excluding hydrogens is 386 g/mol. The summed E-state index contributed by atoms with van der Waals surface area (Å²) in [5.41, 5.74) is 3.75. The Kier molecular flexibility index (Phi) is 7.30. The van der Waals surface area contributed by atoms with Gasteiger partial charge in [0.1, 0.15) is 5.82 Å². The van der Waals surface area contributed by atoms with Crippen molar-refractivity contribution in [3.05, 3.63) is 48.2 Å². The molecule has 1 saturated heterocycles. The molecule has 0 bridgehead atoms. The number of anilines is 1. The van der Waals surface area contributed by atoms with Gasteiger partial charge in [-0.25, -0.2) is 4.98 Å². The Hall–Kier alpha value is -3.17. The number of morpholine rings is 1. The number of fused-ring (bicyclic) bond motifs is 1. The Morgan fingerprint density at radius 1 is 1.13 bits per heavy atom. The smallest absolute Gasteiger partial charge is 0.158 e. The third kappa shape index (κ3) is 5.50. The average molecular weight is 416 g/mol. The van der Waals surface area contributed by atoms with Gasteiger partial charge in [0, 0.05) is 37.2 Å². The second kappa shape index (κ2) is 10.7. The minimum absolute atomic E-state index is 0.503. The Balaban J connectivity index is 1.58. The van der Waals surface area contributed by atoms with E-state index in [1.807, 2.05) is 28.8 Å². The number of hydrogen-bond donors (Lipinski definition) is 0. The van der Waals surface area contributed by atoms with Gasteiger partial charge in [-0.15, -0.1) is 0 Å². The maximum atomic E-state index is 5.54. The maximum absolute atomic E-state index is 5.54. The number of hydrogen-bond acceptors (Lipinski definition) is 5. The number of unbranched alkanes of at least 4 members (excludes halogenated alkanes) is 3. The van der Waals surface area contributed by atoms with Crippen molar-refractivity contribution in [1.29, 1.82) is 0 Å². The largest absolute Gasteiger partial charge is 0.378 e. The van der Waals surface area contributed by atoms with Crippen molar-refractivity contribution in [1.82, 2.24) is 14.6 Å². The standard InChI is InChI=1S/C25H29N5O/c1-2-3-4-5-6-10-13-26-20-22-18-25(29-14-16-31-17-15-29)30-24(27-22)19-23(28-30)21-11-8-7-9-12-21/h7-9,11-13,18-19H,2-5,14-17,20H2,1H3. The fraction of sp³-hybridized carbons (Fsp3) is 0.400. The predicted octanol–water partition coefficient (Wildman–Crippen LogP) is 4.39.